The summed E-state index contributed by atoms with van der Waals surface area (Å²) in [6.45, 7) is 4.77. The predicted octanol–water partition coefficient (Wildman–Crippen LogP) is 4.96. The molecule has 9 heteroatoms. The molecule has 3 heterocycles. The summed E-state index contributed by atoms with van der Waals surface area (Å²) in [5.74, 6) is 1.42. The Morgan fingerprint density at radius 1 is 1.19 bits per heavy atom. The molecular weight excluding hydrogens is 530 g/mol. The van der Waals surface area contributed by atoms with Crippen molar-refractivity contribution in [3.8, 4) is 34.3 Å². The fourth-order valence-electron chi connectivity index (χ4n) is 4.72. The van der Waals surface area contributed by atoms with Gasteiger partial charge in [-0.05, 0) is 48.2 Å². The van der Waals surface area contributed by atoms with E-state index in [4.69, 9.17) is 18.9 Å². The average Bonchev–Trinajstić information content (AvgIpc) is 2.85. The van der Waals surface area contributed by atoms with Crippen molar-refractivity contribution in [3.63, 3.8) is 0 Å². The lowest BCUT2D eigenvalue weighted by Gasteiger charge is -2.34. The fraction of sp³-hybridized carbons (Fsp3) is 0.333. The van der Waals surface area contributed by atoms with E-state index < -0.39 is 11.4 Å². The summed E-state index contributed by atoms with van der Waals surface area (Å²) in [4.78, 5) is 24.1. The first-order valence-corrected chi connectivity index (χ1v) is 12.5. The van der Waals surface area contributed by atoms with Gasteiger partial charge in [-0.3, -0.25) is 4.79 Å². The lowest BCUT2D eigenvalue weighted by Crippen LogP contribution is -2.34. The topological polar surface area (TPSA) is 96.2 Å². The highest BCUT2D eigenvalue weighted by atomic mass is 79.9. The minimum absolute atomic E-state index is 0.0154. The Morgan fingerprint density at radius 2 is 2.00 bits per heavy atom. The molecule has 0 saturated heterocycles. The molecule has 2 aliphatic rings. The highest BCUT2D eigenvalue weighted by Gasteiger charge is 2.30. The van der Waals surface area contributed by atoms with Crippen molar-refractivity contribution in [2.75, 3.05) is 20.3 Å². The zero-order chi connectivity index (χ0) is 25.6. The largest absolute Gasteiger partial charge is 0.493 e. The average molecular weight is 556 g/mol. The molecule has 2 aliphatic heterocycles. The quantitative estimate of drug-likeness (QED) is 0.459. The Balaban J connectivity index is 1.45. The Labute approximate surface area is 216 Å². The molecule has 2 atom stereocenters. The maximum atomic E-state index is 12.5. The summed E-state index contributed by atoms with van der Waals surface area (Å²) in [6.07, 6.45) is 1.83. The molecule has 0 bridgehead atoms. The molecular formula is C27H26BrNO7. The van der Waals surface area contributed by atoms with Gasteiger partial charge in [0.1, 0.15) is 18.8 Å². The van der Waals surface area contributed by atoms with Gasteiger partial charge in [0, 0.05) is 28.3 Å². The van der Waals surface area contributed by atoms with Crippen molar-refractivity contribution < 1.29 is 28.8 Å². The zero-order valence-electron chi connectivity index (χ0n) is 20.1. The van der Waals surface area contributed by atoms with Crippen LogP contribution in [0.2, 0.25) is 0 Å². The van der Waals surface area contributed by atoms with E-state index in [1.807, 2.05) is 34.9 Å². The van der Waals surface area contributed by atoms with Gasteiger partial charge in [0.2, 0.25) is 0 Å². The third-order valence-electron chi connectivity index (χ3n) is 6.58. The van der Waals surface area contributed by atoms with Gasteiger partial charge in [0.05, 0.1) is 12.8 Å². The van der Waals surface area contributed by atoms with Crippen molar-refractivity contribution in [2.24, 2.45) is 5.92 Å². The van der Waals surface area contributed by atoms with Gasteiger partial charge < -0.3 is 28.6 Å². The molecule has 2 aromatic carbocycles. The molecule has 5 rings (SSSR count). The molecule has 188 valence electrons. The maximum absolute atomic E-state index is 12.5. The molecule has 0 spiro atoms. The Kier molecular flexibility index (Phi) is 6.42. The first kappa shape index (κ1) is 24.2. The number of aromatic nitrogens is 1. The van der Waals surface area contributed by atoms with Crippen LogP contribution in [0, 0.1) is 5.92 Å². The molecule has 0 aliphatic carbocycles. The highest BCUT2D eigenvalue weighted by Crippen LogP contribution is 2.43. The second-order valence-corrected chi connectivity index (χ2v) is 10.2. The molecule has 2 unspecified atom stereocenters. The van der Waals surface area contributed by atoms with Crippen LogP contribution in [0.5, 0.6) is 23.0 Å². The maximum Gasteiger partial charge on any atom is 0.341 e. The summed E-state index contributed by atoms with van der Waals surface area (Å²) >= 11 is 3.43. The molecule has 8 nitrogen and oxygen atoms in total. The number of halogens is 1. The molecule has 0 saturated carbocycles. The zero-order valence-corrected chi connectivity index (χ0v) is 21.7. The number of methoxy groups -OCH3 is 1. The van der Waals surface area contributed by atoms with E-state index in [2.05, 4.69) is 29.8 Å². The van der Waals surface area contributed by atoms with E-state index in [1.54, 1.807) is 7.11 Å². The summed E-state index contributed by atoms with van der Waals surface area (Å²) in [6, 6.07) is 10.8. The van der Waals surface area contributed by atoms with Crippen LogP contribution in [-0.4, -0.2) is 42.1 Å². The van der Waals surface area contributed by atoms with E-state index in [1.165, 1.54) is 12.3 Å². The number of benzene rings is 2. The number of hydrogen-bond acceptors (Lipinski definition) is 6. The predicted molar refractivity (Wildman–Crippen MR) is 137 cm³/mol. The van der Waals surface area contributed by atoms with Crippen LogP contribution < -0.4 is 24.4 Å². The number of hydrogen-bond donors (Lipinski definition) is 1. The highest BCUT2D eigenvalue weighted by molar-refractivity contribution is 9.10. The standard InChI is InChI=1S/C27H26BrNO7/c1-14(2)20-6-15-7-25(34-12-17-13-35-26-8-16(28)4-5-23(26)36-17)24(33-3)9-18(15)21-10-22(30)19(27(31)32)11-29(20)21/h4-5,7-11,14,17,20H,6,12-13H2,1-3H3,(H,31,32). The lowest BCUT2D eigenvalue weighted by atomic mass is 9.87. The number of aromatic carboxylic acids is 1. The third-order valence-corrected chi connectivity index (χ3v) is 7.07. The van der Waals surface area contributed by atoms with E-state index in [0.717, 1.165) is 15.6 Å². The van der Waals surface area contributed by atoms with Crippen molar-refractivity contribution in [3.05, 3.63) is 68.4 Å². The van der Waals surface area contributed by atoms with Crippen LogP contribution in [0.25, 0.3) is 11.3 Å². The van der Waals surface area contributed by atoms with Gasteiger partial charge in [0.15, 0.2) is 34.5 Å². The van der Waals surface area contributed by atoms with Crippen molar-refractivity contribution >= 4 is 21.9 Å². The molecule has 3 aromatic rings. The number of carboxylic acids is 1. The number of carboxylic acid groups (broad SMARTS) is 1. The van der Waals surface area contributed by atoms with Crippen LogP contribution in [0.15, 0.2) is 51.9 Å². The Hall–Kier alpha value is -3.46. The molecule has 1 N–H and O–H groups in total. The van der Waals surface area contributed by atoms with Gasteiger partial charge in [-0.2, -0.15) is 0 Å². The number of carbonyl (C=O) groups is 1. The number of rotatable bonds is 6. The van der Waals surface area contributed by atoms with Crippen LogP contribution >= 0.6 is 15.9 Å². The minimum Gasteiger partial charge on any atom is -0.493 e. The number of fused-ring (bicyclic) bond motifs is 4. The summed E-state index contributed by atoms with van der Waals surface area (Å²) in [7, 11) is 1.56. The van der Waals surface area contributed by atoms with E-state index in [0.29, 0.717) is 41.7 Å². The van der Waals surface area contributed by atoms with Crippen molar-refractivity contribution in [1.82, 2.24) is 4.57 Å². The Bertz CT molecular complexity index is 1400. The second kappa shape index (κ2) is 9.54. The molecule has 36 heavy (non-hydrogen) atoms. The van der Waals surface area contributed by atoms with Crippen molar-refractivity contribution in [1.29, 1.82) is 0 Å². The summed E-state index contributed by atoms with van der Waals surface area (Å²) in [5.41, 5.74) is 1.74. The summed E-state index contributed by atoms with van der Waals surface area (Å²) < 4.78 is 26.4. The molecule has 0 fully saturated rings. The first-order chi connectivity index (χ1) is 17.2. The lowest BCUT2D eigenvalue weighted by molar-refractivity contribution is 0.0526. The Morgan fingerprint density at radius 3 is 2.72 bits per heavy atom. The second-order valence-electron chi connectivity index (χ2n) is 9.28. The van der Waals surface area contributed by atoms with Crippen LogP contribution in [0.1, 0.15) is 35.8 Å². The normalized spacial score (nSPS) is 17.8. The number of ether oxygens (including phenoxy) is 4. The molecule has 0 amide bonds. The van der Waals surface area contributed by atoms with E-state index in [9.17, 15) is 14.7 Å². The smallest absolute Gasteiger partial charge is 0.341 e. The van der Waals surface area contributed by atoms with Gasteiger partial charge in [-0.25, -0.2) is 4.79 Å². The third kappa shape index (κ3) is 4.43. The fourth-order valence-corrected chi connectivity index (χ4v) is 5.06. The number of pyridine rings is 1. The molecule has 0 radical (unpaired) electrons. The van der Waals surface area contributed by atoms with Crippen LogP contribution in [0.4, 0.5) is 0 Å². The SMILES string of the molecule is COc1cc2c(cc1OCC1COc3cc(Br)ccc3O1)CC(C(C)C)n1cc(C(=O)O)c(=O)cc1-2. The summed E-state index contributed by atoms with van der Waals surface area (Å²) in [5, 5.41) is 9.47. The van der Waals surface area contributed by atoms with Gasteiger partial charge >= 0.3 is 5.97 Å². The van der Waals surface area contributed by atoms with Crippen molar-refractivity contribution in [2.45, 2.75) is 32.4 Å². The van der Waals surface area contributed by atoms with Gasteiger partial charge in [-0.1, -0.05) is 29.8 Å². The first-order valence-electron chi connectivity index (χ1n) is 11.7. The number of nitrogens with zero attached hydrogens (tertiary/aromatic N) is 1. The van der Waals surface area contributed by atoms with Gasteiger partial charge in [0.25, 0.3) is 0 Å². The minimum atomic E-state index is -1.23. The van der Waals surface area contributed by atoms with E-state index >= 15 is 0 Å². The van der Waals surface area contributed by atoms with E-state index in [-0.39, 0.29) is 30.2 Å². The monoisotopic (exact) mass is 555 g/mol. The van der Waals surface area contributed by atoms with Crippen LogP contribution in [0.3, 0.4) is 0 Å². The van der Waals surface area contributed by atoms with Crippen LogP contribution in [-0.2, 0) is 6.42 Å². The molecule has 1 aromatic heterocycles. The van der Waals surface area contributed by atoms with Gasteiger partial charge in [-0.15, -0.1) is 0 Å².